The first-order valence-corrected chi connectivity index (χ1v) is 14.0. The Kier molecular flexibility index (Phi) is 6.01. The third-order valence-electron chi connectivity index (χ3n) is 6.01. The van der Waals surface area contributed by atoms with Crippen LogP contribution < -0.4 is 16.0 Å². The molecule has 0 aliphatic carbocycles. The summed E-state index contributed by atoms with van der Waals surface area (Å²) in [7, 11) is -3.13. The largest absolute Gasteiger partial charge is 0.345 e. The lowest BCUT2D eigenvalue weighted by Crippen LogP contribution is -2.63. The summed E-state index contributed by atoms with van der Waals surface area (Å²) in [5.74, 6) is -0.622. The molecule has 8 nitrogen and oxygen atoms in total. The topological polar surface area (TPSA) is 117 Å². The van der Waals surface area contributed by atoms with Gasteiger partial charge in [-0.25, -0.2) is 13.4 Å². The maximum Gasteiger partial charge on any atom is 0.257 e. The Hall–Kier alpha value is -3.76. The smallest absolute Gasteiger partial charge is 0.257 e. The minimum atomic E-state index is -3.13. The Labute approximate surface area is 212 Å². The van der Waals surface area contributed by atoms with Crippen molar-refractivity contribution in [2.24, 2.45) is 0 Å². The summed E-state index contributed by atoms with van der Waals surface area (Å²) in [6.45, 7) is 3.64. The second kappa shape index (κ2) is 9.03. The van der Waals surface area contributed by atoms with E-state index in [1.807, 2.05) is 55.5 Å². The van der Waals surface area contributed by atoms with Crippen LogP contribution in [0.4, 0.5) is 17.2 Å². The quantitative estimate of drug-likeness (QED) is 0.344. The van der Waals surface area contributed by atoms with Crippen LogP contribution in [0.5, 0.6) is 0 Å². The third kappa shape index (κ3) is 4.82. The normalized spacial score (nSPS) is 15.6. The lowest BCUT2D eigenvalue weighted by atomic mass is 10.1. The van der Waals surface area contributed by atoms with Crippen LogP contribution in [-0.2, 0) is 9.84 Å². The first-order chi connectivity index (χ1) is 17.1. The molecule has 10 heteroatoms. The molecule has 0 atom stereocenters. The maximum atomic E-state index is 13.3. The summed E-state index contributed by atoms with van der Waals surface area (Å²) in [5, 5.41) is 11.6. The highest BCUT2D eigenvalue weighted by Crippen LogP contribution is 2.30. The number of para-hydroxylation sites is 1. The molecule has 36 heavy (non-hydrogen) atoms. The molecule has 2 amide bonds. The Balaban J connectivity index is 1.47. The van der Waals surface area contributed by atoms with Crippen LogP contribution in [0.1, 0.15) is 33.2 Å². The standard InChI is InChI=1S/C26H24N4O4S2/c1-16-7-3-5-9-20(16)28-23-21(29-25(32)19-13-35-22-10-6-4-8-18(19)22)11-17(12-27-23)24(31)30-26(2)14-36(33,34)15-26/h3-13H,14-15H2,1-2H3,(H,27,28)(H,29,32)(H,30,31). The summed E-state index contributed by atoms with van der Waals surface area (Å²) in [5.41, 5.74) is 2.04. The third-order valence-corrected chi connectivity index (χ3v) is 9.13. The Morgan fingerprint density at radius 1 is 1.00 bits per heavy atom. The zero-order chi connectivity index (χ0) is 25.5. The average Bonchev–Trinajstić information content (AvgIpc) is 3.24. The Bertz CT molecular complexity index is 1600. The number of carbonyl (C=O) groups excluding carboxylic acids is 2. The number of anilines is 3. The van der Waals surface area contributed by atoms with Gasteiger partial charge in [-0.1, -0.05) is 36.4 Å². The van der Waals surface area contributed by atoms with Crippen molar-refractivity contribution in [3.8, 4) is 0 Å². The highest BCUT2D eigenvalue weighted by Gasteiger charge is 2.45. The summed E-state index contributed by atoms with van der Waals surface area (Å²) in [4.78, 5) is 30.7. The van der Waals surface area contributed by atoms with Gasteiger partial charge in [0.05, 0.1) is 33.9 Å². The summed E-state index contributed by atoms with van der Waals surface area (Å²) >= 11 is 1.48. The van der Waals surface area contributed by atoms with Gasteiger partial charge in [-0.15, -0.1) is 11.3 Å². The second-order valence-electron chi connectivity index (χ2n) is 9.21. The van der Waals surface area contributed by atoms with Crippen molar-refractivity contribution < 1.29 is 18.0 Å². The molecule has 0 spiro atoms. The molecule has 0 unspecified atom stereocenters. The summed E-state index contributed by atoms with van der Waals surface area (Å²) < 4.78 is 24.3. The van der Waals surface area contributed by atoms with Gasteiger partial charge in [-0.3, -0.25) is 9.59 Å². The van der Waals surface area contributed by atoms with Gasteiger partial charge in [0.15, 0.2) is 15.7 Å². The summed E-state index contributed by atoms with van der Waals surface area (Å²) in [6, 6.07) is 16.9. The molecule has 1 aliphatic heterocycles. The number of aryl methyl sites for hydroxylation is 1. The number of pyridine rings is 1. The van der Waals surface area contributed by atoms with E-state index in [4.69, 9.17) is 0 Å². The fourth-order valence-corrected chi connectivity index (χ4v) is 7.26. The van der Waals surface area contributed by atoms with Crippen LogP contribution in [0.2, 0.25) is 0 Å². The number of benzene rings is 2. The number of hydrogen-bond donors (Lipinski definition) is 3. The lowest BCUT2D eigenvalue weighted by Gasteiger charge is -2.38. The number of sulfone groups is 1. The molecule has 0 bridgehead atoms. The SMILES string of the molecule is Cc1ccccc1Nc1ncc(C(=O)NC2(C)CS(=O)(=O)C2)cc1NC(=O)c1csc2ccccc12. The van der Waals surface area contributed by atoms with E-state index in [2.05, 4.69) is 20.9 Å². The first kappa shape index (κ1) is 24.0. The number of rotatable bonds is 6. The van der Waals surface area contributed by atoms with Crippen molar-refractivity contribution in [3.63, 3.8) is 0 Å². The van der Waals surface area contributed by atoms with Crippen molar-refractivity contribution in [1.29, 1.82) is 0 Å². The minimum absolute atomic E-state index is 0.110. The fourth-order valence-electron chi connectivity index (χ4n) is 4.31. The van der Waals surface area contributed by atoms with Crippen molar-refractivity contribution in [1.82, 2.24) is 10.3 Å². The molecule has 3 heterocycles. The molecule has 0 saturated carbocycles. The average molecular weight is 521 g/mol. The fraction of sp³-hybridized carbons (Fsp3) is 0.192. The van der Waals surface area contributed by atoms with Crippen LogP contribution in [0.25, 0.3) is 10.1 Å². The molecular formula is C26H24N4O4S2. The van der Waals surface area contributed by atoms with Crippen molar-refractivity contribution in [3.05, 3.63) is 82.9 Å². The van der Waals surface area contributed by atoms with E-state index < -0.39 is 21.3 Å². The zero-order valence-electron chi connectivity index (χ0n) is 19.7. The van der Waals surface area contributed by atoms with Gasteiger partial charge < -0.3 is 16.0 Å². The number of amides is 2. The maximum absolute atomic E-state index is 13.3. The van der Waals surface area contributed by atoms with Gasteiger partial charge >= 0.3 is 0 Å². The molecular weight excluding hydrogens is 496 g/mol. The molecule has 2 aromatic carbocycles. The monoisotopic (exact) mass is 520 g/mol. The molecule has 4 aromatic rings. The lowest BCUT2D eigenvalue weighted by molar-refractivity contribution is 0.0915. The van der Waals surface area contributed by atoms with Gasteiger partial charge in [0.25, 0.3) is 11.8 Å². The highest BCUT2D eigenvalue weighted by molar-refractivity contribution is 7.93. The number of nitrogens with zero attached hydrogens (tertiary/aromatic N) is 1. The molecule has 1 aliphatic rings. The number of carbonyl (C=O) groups is 2. The van der Waals surface area contributed by atoms with Gasteiger partial charge in [0.1, 0.15) is 0 Å². The molecule has 184 valence electrons. The molecule has 5 rings (SSSR count). The molecule has 1 fully saturated rings. The number of hydrogen-bond acceptors (Lipinski definition) is 7. The van der Waals surface area contributed by atoms with Crippen LogP contribution in [-0.4, -0.2) is 42.3 Å². The van der Waals surface area contributed by atoms with E-state index in [9.17, 15) is 18.0 Å². The van der Waals surface area contributed by atoms with Crippen molar-refractivity contribution >= 4 is 60.3 Å². The van der Waals surface area contributed by atoms with E-state index in [1.165, 1.54) is 17.5 Å². The molecule has 0 radical (unpaired) electrons. The van der Waals surface area contributed by atoms with E-state index >= 15 is 0 Å². The number of thiophene rings is 1. The van der Waals surface area contributed by atoms with Crippen molar-refractivity contribution in [2.45, 2.75) is 19.4 Å². The van der Waals surface area contributed by atoms with Crippen molar-refractivity contribution in [2.75, 3.05) is 22.1 Å². The summed E-state index contributed by atoms with van der Waals surface area (Å²) in [6.07, 6.45) is 1.40. The van der Waals surface area contributed by atoms with Crippen LogP contribution in [0.3, 0.4) is 0 Å². The Morgan fingerprint density at radius 2 is 1.72 bits per heavy atom. The van der Waals surface area contributed by atoms with E-state index in [0.29, 0.717) is 17.1 Å². The van der Waals surface area contributed by atoms with E-state index in [0.717, 1.165) is 21.3 Å². The number of aromatic nitrogens is 1. The molecule has 2 aromatic heterocycles. The van der Waals surface area contributed by atoms with Gasteiger partial charge in [0, 0.05) is 27.4 Å². The second-order valence-corrected chi connectivity index (χ2v) is 12.2. The van der Waals surface area contributed by atoms with Crippen LogP contribution >= 0.6 is 11.3 Å². The predicted molar refractivity (Wildman–Crippen MR) is 143 cm³/mol. The minimum Gasteiger partial charge on any atom is -0.345 e. The number of fused-ring (bicyclic) bond motifs is 1. The molecule has 3 N–H and O–H groups in total. The van der Waals surface area contributed by atoms with Gasteiger partial charge in [0.2, 0.25) is 0 Å². The molecule has 1 saturated heterocycles. The Morgan fingerprint density at radius 3 is 2.47 bits per heavy atom. The van der Waals surface area contributed by atoms with Crippen LogP contribution in [0, 0.1) is 6.92 Å². The van der Waals surface area contributed by atoms with E-state index in [-0.39, 0.29) is 23.0 Å². The number of nitrogens with one attached hydrogen (secondary N) is 3. The first-order valence-electron chi connectivity index (χ1n) is 11.3. The van der Waals surface area contributed by atoms with E-state index in [1.54, 1.807) is 18.4 Å². The zero-order valence-corrected chi connectivity index (χ0v) is 21.3. The van der Waals surface area contributed by atoms with Gasteiger partial charge in [-0.05, 0) is 37.6 Å². The van der Waals surface area contributed by atoms with Crippen LogP contribution in [0.15, 0.2) is 66.2 Å². The predicted octanol–water partition coefficient (Wildman–Crippen LogP) is 4.52. The van der Waals surface area contributed by atoms with Gasteiger partial charge in [-0.2, -0.15) is 0 Å². The highest BCUT2D eigenvalue weighted by atomic mass is 32.2.